The first-order valence-corrected chi connectivity index (χ1v) is 7.75. The van der Waals surface area contributed by atoms with Crippen LogP contribution in [0.4, 0.5) is 0 Å². The zero-order chi connectivity index (χ0) is 16.2. The number of carboxylic acid groups (broad SMARTS) is 1. The van der Waals surface area contributed by atoms with Crippen LogP contribution in [0.5, 0.6) is 0 Å². The van der Waals surface area contributed by atoms with Gasteiger partial charge >= 0.3 is 5.97 Å². The summed E-state index contributed by atoms with van der Waals surface area (Å²) in [6.45, 7) is 0.223. The quantitative estimate of drug-likeness (QED) is 0.858. The van der Waals surface area contributed by atoms with Crippen LogP contribution < -0.4 is 5.32 Å². The lowest BCUT2D eigenvalue weighted by Crippen LogP contribution is -2.30. The molecule has 0 unspecified atom stereocenters. The van der Waals surface area contributed by atoms with Crippen molar-refractivity contribution in [3.8, 4) is 0 Å². The van der Waals surface area contributed by atoms with E-state index in [2.05, 4.69) is 17.4 Å². The first-order valence-electron chi connectivity index (χ1n) is 7.75. The Morgan fingerprint density at radius 1 is 1.13 bits per heavy atom. The van der Waals surface area contributed by atoms with Gasteiger partial charge in [0.05, 0.1) is 6.54 Å². The number of aromatic carboxylic acids is 1. The Kier molecular flexibility index (Phi) is 4.46. The lowest BCUT2D eigenvalue weighted by molar-refractivity contribution is -0.123. The normalized spacial score (nSPS) is 19.8. The van der Waals surface area contributed by atoms with Crippen molar-refractivity contribution in [2.45, 2.75) is 31.7 Å². The minimum Gasteiger partial charge on any atom is -0.475 e. The number of carbonyl (C=O) groups is 2. The van der Waals surface area contributed by atoms with E-state index in [1.165, 1.54) is 11.6 Å². The predicted molar refractivity (Wildman–Crippen MR) is 84.0 cm³/mol. The zero-order valence-corrected chi connectivity index (χ0v) is 12.7. The van der Waals surface area contributed by atoms with Gasteiger partial charge in [-0.2, -0.15) is 0 Å². The highest BCUT2D eigenvalue weighted by atomic mass is 16.4. The molecule has 5 heteroatoms. The summed E-state index contributed by atoms with van der Waals surface area (Å²) < 4.78 is 5.10. The maximum atomic E-state index is 11.9. The summed E-state index contributed by atoms with van der Waals surface area (Å²) in [4.78, 5) is 22.6. The summed E-state index contributed by atoms with van der Waals surface area (Å²) in [5, 5.41) is 11.6. The highest BCUT2D eigenvalue weighted by molar-refractivity contribution is 5.84. The SMILES string of the molecule is O=C(CC1CC(c2ccccc2)C1)NCc1ccc(C(=O)O)o1. The first-order chi connectivity index (χ1) is 11.1. The fourth-order valence-electron chi connectivity index (χ4n) is 3.01. The number of rotatable bonds is 6. The molecule has 2 aromatic rings. The Morgan fingerprint density at radius 3 is 2.52 bits per heavy atom. The van der Waals surface area contributed by atoms with Crippen molar-refractivity contribution in [3.63, 3.8) is 0 Å². The Balaban J connectivity index is 1.40. The number of carboxylic acids is 1. The molecule has 1 saturated carbocycles. The number of hydrogen-bond acceptors (Lipinski definition) is 3. The van der Waals surface area contributed by atoms with Crippen LogP contribution in [-0.2, 0) is 11.3 Å². The molecule has 5 nitrogen and oxygen atoms in total. The molecule has 0 bridgehead atoms. The van der Waals surface area contributed by atoms with Crippen LogP contribution in [-0.4, -0.2) is 17.0 Å². The third kappa shape index (κ3) is 3.80. The molecule has 120 valence electrons. The van der Waals surface area contributed by atoms with Crippen molar-refractivity contribution in [1.29, 1.82) is 0 Å². The second kappa shape index (κ2) is 6.69. The van der Waals surface area contributed by atoms with Crippen molar-refractivity contribution in [3.05, 3.63) is 59.5 Å². The summed E-state index contributed by atoms with van der Waals surface area (Å²) in [6.07, 6.45) is 2.60. The van der Waals surface area contributed by atoms with E-state index in [4.69, 9.17) is 9.52 Å². The molecule has 1 aromatic heterocycles. The molecule has 3 rings (SSSR count). The zero-order valence-electron chi connectivity index (χ0n) is 12.7. The summed E-state index contributed by atoms with van der Waals surface area (Å²) in [5.41, 5.74) is 1.35. The van der Waals surface area contributed by atoms with Crippen LogP contribution in [0.25, 0.3) is 0 Å². The molecule has 1 amide bonds. The van der Waals surface area contributed by atoms with E-state index in [0.29, 0.717) is 24.0 Å². The van der Waals surface area contributed by atoms with Gasteiger partial charge in [0.1, 0.15) is 5.76 Å². The molecule has 0 aliphatic heterocycles. The second-order valence-electron chi connectivity index (χ2n) is 6.00. The maximum absolute atomic E-state index is 11.9. The van der Waals surface area contributed by atoms with Gasteiger partial charge < -0.3 is 14.8 Å². The molecule has 1 fully saturated rings. The summed E-state index contributed by atoms with van der Waals surface area (Å²) in [7, 11) is 0. The molecule has 1 aliphatic carbocycles. The van der Waals surface area contributed by atoms with E-state index in [1.807, 2.05) is 18.2 Å². The van der Waals surface area contributed by atoms with Crippen LogP contribution in [0.1, 0.15) is 47.1 Å². The van der Waals surface area contributed by atoms with Gasteiger partial charge in [0.25, 0.3) is 0 Å². The van der Waals surface area contributed by atoms with E-state index in [0.717, 1.165) is 12.8 Å². The van der Waals surface area contributed by atoms with Gasteiger partial charge in [-0.15, -0.1) is 0 Å². The van der Waals surface area contributed by atoms with Crippen molar-refractivity contribution in [2.75, 3.05) is 0 Å². The summed E-state index contributed by atoms with van der Waals surface area (Å²) >= 11 is 0. The highest BCUT2D eigenvalue weighted by Crippen LogP contribution is 2.43. The topological polar surface area (TPSA) is 79.5 Å². The number of amides is 1. The predicted octanol–water partition coefficient (Wildman–Crippen LogP) is 3.18. The van der Waals surface area contributed by atoms with Gasteiger partial charge in [0.15, 0.2) is 0 Å². The van der Waals surface area contributed by atoms with E-state index in [-0.39, 0.29) is 18.2 Å². The average Bonchev–Trinajstić information content (AvgIpc) is 2.98. The average molecular weight is 313 g/mol. The lowest BCUT2D eigenvalue weighted by Gasteiger charge is -2.35. The fourth-order valence-corrected chi connectivity index (χ4v) is 3.01. The van der Waals surface area contributed by atoms with E-state index in [9.17, 15) is 9.59 Å². The van der Waals surface area contributed by atoms with Crippen LogP contribution in [0.15, 0.2) is 46.9 Å². The van der Waals surface area contributed by atoms with Crippen molar-refractivity contribution in [1.82, 2.24) is 5.32 Å². The molecule has 0 atom stereocenters. The molecule has 1 aromatic carbocycles. The monoisotopic (exact) mass is 313 g/mol. The van der Waals surface area contributed by atoms with Crippen LogP contribution >= 0.6 is 0 Å². The van der Waals surface area contributed by atoms with Gasteiger partial charge in [0, 0.05) is 6.42 Å². The van der Waals surface area contributed by atoms with Crippen molar-refractivity contribution in [2.24, 2.45) is 5.92 Å². The molecule has 0 radical (unpaired) electrons. The third-order valence-electron chi connectivity index (χ3n) is 4.31. The van der Waals surface area contributed by atoms with E-state index in [1.54, 1.807) is 6.07 Å². The Bertz CT molecular complexity index is 686. The highest BCUT2D eigenvalue weighted by Gasteiger charge is 2.31. The van der Waals surface area contributed by atoms with Gasteiger partial charge in [-0.05, 0) is 42.4 Å². The summed E-state index contributed by atoms with van der Waals surface area (Å²) in [5.74, 6) is 0.202. The smallest absolute Gasteiger partial charge is 0.371 e. The molecule has 1 aliphatic rings. The number of hydrogen-bond donors (Lipinski definition) is 2. The summed E-state index contributed by atoms with van der Waals surface area (Å²) in [6, 6.07) is 13.3. The van der Waals surface area contributed by atoms with E-state index < -0.39 is 5.97 Å². The molecule has 23 heavy (non-hydrogen) atoms. The van der Waals surface area contributed by atoms with Gasteiger partial charge in [-0.3, -0.25) is 4.79 Å². The van der Waals surface area contributed by atoms with E-state index >= 15 is 0 Å². The van der Waals surface area contributed by atoms with Gasteiger partial charge in [-0.1, -0.05) is 30.3 Å². The van der Waals surface area contributed by atoms with Crippen LogP contribution in [0, 0.1) is 5.92 Å². The number of furan rings is 1. The number of carbonyl (C=O) groups excluding carboxylic acids is 1. The molecule has 1 heterocycles. The minimum absolute atomic E-state index is 0.0187. The molecule has 2 N–H and O–H groups in total. The maximum Gasteiger partial charge on any atom is 0.371 e. The molecular weight excluding hydrogens is 294 g/mol. The third-order valence-corrected chi connectivity index (χ3v) is 4.31. The fraction of sp³-hybridized carbons (Fsp3) is 0.333. The second-order valence-corrected chi connectivity index (χ2v) is 6.00. The standard InChI is InChI=1S/C18H19NO4/c20-17(19-11-15-6-7-16(23-15)18(21)22)10-12-8-14(9-12)13-4-2-1-3-5-13/h1-7,12,14H,8-11H2,(H,19,20)(H,21,22). The number of benzene rings is 1. The largest absolute Gasteiger partial charge is 0.475 e. The van der Waals surface area contributed by atoms with Crippen LogP contribution in [0.2, 0.25) is 0 Å². The Labute approximate surface area is 134 Å². The molecule has 0 spiro atoms. The molecule has 0 saturated heterocycles. The minimum atomic E-state index is -1.11. The Hall–Kier alpha value is -2.56. The Morgan fingerprint density at radius 2 is 1.87 bits per heavy atom. The molecular formula is C18H19NO4. The lowest BCUT2D eigenvalue weighted by atomic mass is 9.70. The number of nitrogens with one attached hydrogen (secondary N) is 1. The van der Waals surface area contributed by atoms with Crippen molar-refractivity contribution < 1.29 is 19.1 Å². The van der Waals surface area contributed by atoms with Crippen LogP contribution in [0.3, 0.4) is 0 Å². The van der Waals surface area contributed by atoms with Crippen molar-refractivity contribution >= 4 is 11.9 Å². The van der Waals surface area contributed by atoms with Gasteiger partial charge in [-0.25, -0.2) is 4.79 Å². The first kappa shape index (κ1) is 15.3. The van der Waals surface area contributed by atoms with Gasteiger partial charge in [0.2, 0.25) is 11.7 Å².